The monoisotopic (exact) mass is 462 g/mol. The van der Waals surface area contributed by atoms with Crippen LogP contribution in [-0.2, 0) is 4.79 Å². The van der Waals surface area contributed by atoms with E-state index in [2.05, 4.69) is 96.2 Å². The molecule has 0 heterocycles. The molecule has 1 saturated carbocycles. The van der Waals surface area contributed by atoms with E-state index >= 15 is 0 Å². The molecule has 3 aromatic rings. The van der Waals surface area contributed by atoms with Gasteiger partial charge in [0.05, 0.1) is 0 Å². The first-order chi connectivity index (χ1) is 16.4. The Labute approximate surface area is 208 Å². The molecule has 0 amide bonds. The Kier molecular flexibility index (Phi) is 5.29. The van der Waals surface area contributed by atoms with Crippen LogP contribution in [0.5, 0.6) is 0 Å². The average molecular weight is 463 g/mol. The zero-order valence-corrected chi connectivity index (χ0v) is 21.6. The van der Waals surface area contributed by atoms with Crippen LogP contribution in [-0.4, -0.2) is 11.6 Å². The number of hydrogen-bond donors (Lipinski definition) is 0. The molecule has 0 saturated heterocycles. The minimum absolute atomic E-state index is 0.0240. The Morgan fingerprint density at radius 3 is 1.86 bits per heavy atom. The van der Waals surface area contributed by atoms with Crippen LogP contribution in [0.15, 0.2) is 96.1 Å². The maximum Gasteiger partial charge on any atom is 0.185 e. The topological polar surface area (TPSA) is 34.1 Å². The molecule has 0 aromatic heterocycles. The van der Waals surface area contributed by atoms with Crippen LogP contribution < -0.4 is 0 Å². The molecule has 2 atom stereocenters. The second-order valence-corrected chi connectivity index (χ2v) is 12.2. The van der Waals surface area contributed by atoms with Crippen LogP contribution in [0.25, 0.3) is 10.8 Å². The van der Waals surface area contributed by atoms with Gasteiger partial charge in [0, 0.05) is 34.0 Å². The van der Waals surface area contributed by atoms with Gasteiger partial charge < -0.3 is 0 Å². The third-order valence-electron chi connectivity index (χ3n) is 7.69. The summed E-state index contributed by atoms with van der Waals surface area (Å²) in [5.74, 6) is -0.0142. The molecule has 0 radical (unpaired) electrons. The van der Waals surface area contributed by atoms with E-state index in [0.29, 0.717) is 0 Å². The summed E-state index contributed by atoms with van der Waals surface area (Å²) in [6.07, 6.45) is 4.31. The predicted molar refractivity (Wildman–Crippen MR) is 143 cm³/mol. The summed E-state index contributed by atoms with van der Waals surface area (Å²) in [4.78, 5) is 27.8. The summed E-state index contributed by atoms with van der Waals surface area (Å²) < 4.78 is 0. The summed E-state index contributed by atoms with van der Waals surface area (Å²) in [6.45, 7) is 12.6. The van der Waals surface area contributed by atoms with E-state index in [4.69, 9.17) is 0 Å². The fourth-order valence-electron chi connectivity index (χ4n) is 5.85. The van der Waals surface area contributed by atoms with Crippen molar-refractivity contribution in [3.05, 3.63) is 107 Å². The van der Waals surface area contributed by atoms with Crippen molar-refractivity contribution in [2.75, 3.05) is 0 Å². The van der Waals surface area contributed by atoms with Crippen molar-refractivity contribution >= 4 is 22.3 Å². The van der Waals surface area contributed by atoms with Crippen molar-refractivity contribution in [2.24, 2.45) is 22.2 Å². The van der Waals surface area contributed by atoms with Gasteiger partial charge >= 0.3 is 0 Å². The van der Waals surface area contributed by atoms with E-state index in [1.54, 1.807) is 0 Å². The minimum atomic E-state index is -0.518. The third kappa shape index (κ3) is 3.80. The maximum absolute atomic E-state index is 14.1. The lowest BCUT2D eigenvalue weighted by Gasteiger charge is -2.34. The number of allylic oxidation sites excluding steroid dienone is 4. The zero-order valence-electron chi connectivity index (χ0n) is 21.6. The van der Waals surface area contributed by atoms with Crippen LogP contribution in [0, 0.1) is 22.2 Å². The van der Waals surface area contributed by atoms with Gasteiger partial charge in [-0.25, -0.2) is 0 Å². The van der Waals surface area contributed by atoms with E-state index < -0.39 is 5.41 Å². The second kappa shape index (κ2) is 7.88. The number of ketones is 2. The van der Waals surface area contributed by atoms with Gasteiger partial charge in [-0.15, -0.1) is 0 Å². The fourth-order valence-corrected chi connectivity index (χ4v) is 5.85. The van der Waals surface area contributed by atoms with Crippen molar-refractivity contribution in [2.45, 2.75) is 47.5 Å². The summed E-state index contributed by atoms with van der Waals surface area (Å²) in [6, 6.07) is 24.4. The first kappa shape index (κ1) is 23.5. The molecule has 2 aliphatic carbocycles. The Balaban J connectivity index is 1.78. The van der Waals surface area contributed by atoms with Crippen molar-refractivity contribution in [3.63, 3.8) is 0 Å². The number of rotatable bonds is 3. The summed E-state index contributed by atoms with van der Waals surface area (Å²) in [7, 11) is 0. The van der Waals surface area contributed by atoms with Crippen LogP contribution in [0.1, 0.15) is 63.4 Å². The number of carbonyl (C=O) groups excluding carboxylic acids is 2. The number of hydrogen-bond acceptors (Lipinski definition) is 2. The normalized spacial score (nSPS) is 21.6. The van der Waals surface area contributed by atoms with Gasteiger partial charge in [-0.3, -0.25) is 9.59 Å². The maximum atomic E-state index is 14.1. The smallest absolute Gasteiger partial charge is 0.185 e. The number of carbonyl (C=O) groups is 2. The highest BCUT2D eigenvalue weighted by Crippen LogP contribution is 2.71. The minimum Gasteiger partial charge on any atom is -0.294 e. The fraction of sp³-hybridized carbons (Fsp3) is 0.333. The highest BCUT2D eigenvalue weighted by atomic mass is 16.1. The summed E-state index contributed by atoms with van der Waals surface area (Å²) in [5, 5.41) is 2.35. The first-order valence-corrected chi connectivity index (χ1v) is 12.5. The van der Waals surface area contributed by atoms with Crippen molar-refractivity contribution in [3.8, 4) is 0 Å². The lowest BCUT2D eigenvalue weighted by Crippen LogP contribution is -2.31. The molecule has 0 bridgehead atoms. The molecular formula is C33H34O2. The molecule has 1 spiro atoms. The highest BCUT2D eigenvalue weighted by Gasteiger charge is 2.68. The van der Waals surface area contributed by atoms with Crippen LogP contribution >= 0.6 is 0 Å². The molecule has 2 nitrogen and oxygen atoms in total. The Morgan fingerprint density at radius 1 is 0.714 bits per heavy atom. The van der Waals surface area contributed by atoms with Crippen molar-refractivity contribution < 1.29 is 9.59 Å². The number of benzene rings is 3. The molecule has 35 heavy (non-hydrogen) atoms. The second-order valence-electron chi connectivity index (χ2n) is 12.2. The Morgan fingerprint density at radius 2 is 1.26 bits per heavy atom. The van der Waals surface area contributed by atoms with Crippen LogP contribution in [0.4, 0.5) is 0 Å². The first-order valence-electron chi connectivity index (χ1n) is 12.5. The molecule has 2 heteroatoms. The summed E-state index contributed by atoms with van der Waals surface area (Å²) >= 11 is 0. The zero-order chi connectivity index (χ0) is 25.2. The van der Waals surface area contributed by atoms with Gasteiger partial charge in [-0.2, -0.15) is 0 Å². The highest BCUT2D eigenvalue weighted by molar-refractivity contribution is 6.12. The molecule has 1 fully saturated rings. The van der Waals surface area contributed by atoms with E-state index in [1.165, 1.54) is 16.3 Å². The summed E-state index contributed by atoms with van der Waals surface area (Å²) in [5.41, 5.74) is 2.39. The Hall–Kier alpha value is -3.26. The molecule has 0 unspecified atom stereocenters. The van der Waals surface area contributed by atoms with E-state index in [9.17, 15) is 9.59 Å². The van der Waals surface area contributed by atoms with Gasteiger partial charge in [0.1, 0.15) is 0 Å². The molecule has 178 valence electrons. The predicted octanol–water partition coefficient (Wildman–Crippen LogP) is 7.95. The molecule has 3 aromatic carbocycles. The Bertz CT molecular complexity index is 1350. The van der Waals surface area contributed by atoms with Crippen LogP contribution in [0.2, 0.25) is 0 Å². The molecule has 0 aliphatic heterocycles. The van der Waals surface area contributed by atoms with E-state index in [1.807, 2.05) is 30.3 Å². The van der Waals surface area contributed by atoms with Gasteiger partial charge in [-0.05, 0) is 27.2 Å². The van der Waals surface area contributed by atoms with Gasteiger partial charge in [0.2, 0.25) is 0 Å². The largest absolute Gasteiger partial charge is 0.294 e. The van der Waals surface area contributed by atoms with Gasteiger partial charge in [0.15, 0.2) is 11.6 Å². The van der Waals surface area contributed by atoms with Gasteiger partial charge in [-0.1, -0.05) is 126 Å². The van der Waals surface area contributed by atoms with E-state index in [-0.39, 0.29) is 34.2 Å². The molecule has 2 aliphatic rings. The lowest BCUT2D eigenvalue weighted by atomic mass is 9.69. The van der Waals surface area contributed by atoms with Crippen molar-refractivity contribution in [1.29, 1.82) is 0 Å². The van der Waals surface area contributed by atoms with Crippen LogP contribution in [0.3, 0.4) is 0 Å². The quantitative estimate of drug-likeness (QED) is 0.370. The SMILES string of the molecule is CC(C)(C)C1=CC2(C=C(C(C)(C)C)C1=O)[C@H](C(=O)c1ccccc1)[C@H]2c1cccc2ccccc12. The molecule has 5 rings (SSSR count). The molecular weight excluding hydrogens is 428 g/mol. The van der Waals surface area contributed by atoms with Gasteiger partial charge in [0.25, 0.3) is 0 Å². The standard InChI is InChI=1S/C33H34O2/c1-31(2,3)25-19-33(20-26(30(25)35)32(4,5)6)27(28(33)29(34)22-14-8-7-9-15-22)24-18-12-16-21-13-10-11-17-23(21)24/h7-20,27-28H,1-6H3/t27-,28+/m1/s1. The molecule has 0 N–H and O–H groups in total. The lowest BCUT2D eigenvalue weighted by molar-refractivity contribution is -0.114. The van der Waals surface area contributed by atoms with E-state index in [0.717, 1.165) is 16.7 Å². The van der Waals surface area contributed by atoms with Crippen molar-refractivity contribution in [1.82, 2.24) is 0 Å². The average Bonchev–Trinajstić information content (AvgIpc) is 3.45. The number of fused-ring (bicyclic) bond motifs is 1. The number of Topliss-reactive ketones (excluding diaryl/α,β-unsaturated/α-hetero) is 2. The third-order valence-corrected chi connectivity index (χ3v) is 7.69.